The van der Waals surface area contributed by atoms with Gasteiger partial charge in [0.25, 0.3) is 5.69 Å². The Kier molecular flexibility index (Phi) is 4.33. The first kappa shape index (κ1) is 16.2. The Morgan fingerprint density at radius 3 is 2.73 bits per heavy atom. The van der Waals surface area contributed by atoms with Crippen molar-refractivity contribution < 1.29 is 28.0 Å². The van der Waals surface area contributed by atoms with Crippen LogP contribution in [0.2, 0.25) is 0 Å². The molecule has 1 aliphatic rings. The van der Waals surface area contributed by atoms with Gasteiger partial charge in [0, 0.05) is 18.7 Å². The molecular weight excluding hydrogens is 316 g/mol. The van der Waals surface area contributed by atoms with Crippen LogP contribution in [0.4, 0.5) is 5.69 Å². The van der Waals surface area contributed by atoms with Crippen LogP contribution < -0.4 is 4.74 Å². The molecule has 22 heavy (non-hydrogen) atoms. The molecule has 1 fully saturated rings. The summed E-state index contributed by atoms with van der Waals surface area (Å²) in [7, 11) is -2.97. The van der Waals surface area contributed by atoms with Crippen molar-refractivity contribution in [3.8, 4) is 5.75 Å². The van der Waals surface area contributed by atoms with Crippen LogP contribution in [0.1, 0.15) is 12.8 Å². The van der Waals surface area contributed by atoms with Crippen LogP contribution in [0.5, 0.6) is 5.75 Å². The fraction of sp³-hybridized carbons (Fsp3) is 0.417. The van der Waals surface area contributed by atoms with Crippen molar-refractivity contribution in [1.29, 1.82) is 0 Å². The number of sulfonamides is 1. The lowest BCUT2D eigenvalue weighted by atomic mass is 10.2. The minimum absolute atomic E-state index is 0.0468. The van der Waals surface area contributed by atoms with Crippen molar-refractivity contribution >= 4 is 21.7 Å². The van der Waals surface area contributed by atoms with E-state index in [1.54, 1.807) is 0 Å². The molecule has 10 heteroatoms. The van der Waals surface area contributed by atoms with Gasteiger partial charge in [-0.2, -0.15) is 4.31 Å². The fourth-order valence-electron chi connectivity index (χ4n) is 2.38. The van der Waals surface area contributed by atoms with Gasteiger partial charge in [0.1, 0.15) is 16.7 Å². The predicted octanol–water partition coefficient (Wildman–Crippen LogP) is 0.841. The smallest absolute Gasteiger partial charge is 0.322 e. The minimum atomic E-state index is -4.21. The number of benzene rings is 1. The molecule has 0 aromatic heterocycles. The van der Waals surface area contributed by atoms with Crippen molar-refractivity contribution in [1.82, 2.24) is 4.31 Å². The molecule has 1 saturated heterocycles. The van der Waals surface area contributed by atoms with Crippen LogP contribution in [0, 0.1) is 10.1 Å². The lowest BCUT2D eigenvalue weighted by molar-refractivity contribution is -0.385. The van der Waals surface area contributed by atoms with E-state index in [0.717, 1.165) is 16.4 Å². The maximum atomic E-state index is 12.7. The second-order valence-corrected chi connectivity index (χ2v) is 6.56. The van der Waals surface area contributed by atoms with Crippen molar-refractivity contribution in [3.05, 3.63) is 28.3 Å². The molecule has 1 atom stereocenters. The Hall–Kier alpha value is -2.20. The fourth-order valence-corrected chi connectivity index (χ4v) is 4.21. The number of aliphatic carboxylic acids is 1. The molecule has 1 heterocycles. The Labute approximate surface area is 126 Å². The minimum Gasteiger partial charge on any atom is -0.495 e. The molecular formula is C12H14N2O7S. The highest BCUT2D eigenvalue weighted by Gasteiger charge is 2.41. The summed E-state index contributed by atoms with van der Waals surface area (Å²) < 4.78 is 31.1. The van der Waals surface area contributed by atoms with Crippen LogP contribution in [-0.4, -0.2) is 48.4 Å². The molecule has 1 aromatic rings. The molecule has 1 N–H and O–H groups in total. The summed E-state index contributed by atoms with van der Waals surface area (Å²) >= 11 is 0. The first-order valence-corrected chi connectivity index (χ1v) is 7.80. The number of nitro groups is 1. The van der Waals surface area contributed by atoms with E-state index < -0.39 is 37.5 Å². The highest BCUT2D eigenvalue weighted by atomic mass is 32.2. The Balaban J connectivity index is 2.55. The maximum Gasteiger partial charge on any atom is 0.322 e. The van der Waals surface area contributed by atoms with E-state index in [4.69, 9.17) is 9.84 Å². The van der Waals surface area contributed by atoms with Gasteiger partial charge in [-0.1, -0.05) is 0 Å². The number of ether oxygens (including phenoxy) is 1. The van der Waals surface area contributed by atoms with Gasteiger partial charge in [-0.05, 0) is 18.9 Å². The van der Waals surface area contributed by atoms with Crippen LogP contribution >= 0.6 is 0 Å². The number of nitro benzene ring substituents is 1. The lowest BCUT2D eigenvalue weighted by Gasteiger charge is -2.21. The van der Waals surface area contributed by atoms with Gasteiger partial charge in [-0.25, -0.2) is 8.42 Å². The van der Waals surface area contributed by atoms with Crippen LogP contribution in [0.25, 0.3) is 0 Å². The molecule has 0 unspecified atom stereocenters. The quantitative estimate of drug-likeness (QED) is 0.626. The molecule has 0 bridgehead atoms. The Morgan fingerprint density at radius 2 is 2.18 bits per heavy atom. The number of carboxylic acids is 1. The summed E-state index contributed by atoms with van der Waals surface area (Å²) in [6.45, 7) is 0.0468. The number of methoxy groups -OCH3 is 1. The number of hydrogen-bond acceptors (Lipinski definition) is 6. The number of carboxylic acid groups (broad SMARTS) is 1. The van der Waals surface area contributed by atoms with Crippen molar-refractivity contribution in [3.63, 3.8) is 0 Å². The van der Waals surface area contributed by atoms with Crippen LogP contribution in [0.15, 0.2) is 23.1 Å². The summed E-state index contributed by atoms with van der Waals surface area (Å²) in [4.78, 5) is 20.9. The van der Waals surface area contributed by atoms with Crippen molar-refractivity contribution in [2.24, 2.45) is 0 Å². The molecule has 1 aromatic carbocycles. The second-order valence-electron chi connectivity index (χ2n) is 4.70. The first-order chi connectivity index (χ1) is 10.3. The first-order valence-electron chi connectivity index (χ1n) is 6.36. The topological polar surface area (TPSA) is 127 Å². The van der Waals surface area contributed by atoms with Crippen LogP contribution in [-0.2, 0) is 14.8 Å². The van der Waals surface area contributed by atoms with Gasteiger partial charge in [-0.3, -0.25) is 14.9 Å². The van der Waals surface area contributed by atoms with E-state index in [1.165, 1.54) is 13.2 Å². The SMILES string of the molecule is COc1ccc([N+](=O)[O-])cc1S(=O)(=O)N1CCC[C@@H]1C(=O)O. The van der Waals surface area contributed by atoms with Gasteiger partial charge >= 0.3 is 5.97 Å². The standard InChI is InChI=1S/C12H14N2O7S/c1-21-10-5-4-8(14(17)18)7-11(10)22(19,20)13-6-2-3-9(13)12(15)16/h4-5,7,9H,2-3,6H2,1H3,(H,15,16)/t9-/m1/s1. The van der Waals surface area contributed by atoms with E-state index in [2.05, 4.69) is 0 Å². The van der Waals surface area contributed by atoms with Gasteiger partial charge in [-0.15, -0.1) is 0 Å². The third-order valence-corrected chi connectivity index (χ3v) is 5.36. The molecule has 0 saturated carbocycles. The van der Waals surface area contributed by atoms with Crippen molar-refractivity contribution in [2.75, 3.05) is 13.7 Å². The summed E-state index contributed by atoms with van der Waals surface area (Å²) in [5.41, 5.74) is -0.412. The van der Waals surface area contributed by atoms with E-state index in [-0.39, 0.29) is 18.7 Å². The van der Waals surface area contributed by atoms with E-state index >= 15 is 0 Å². The van der Waals surface area contributed by atoms with E-state index in [0.29, 0.717) is 6.42 Å². The molecule has 0 spiro atoms. The highest BCUT2D eigenvalue weighted by molar-refractivity contribution is 7.89. The summed E-state index contributed by atoms with van der Waals surface area (Å²) in [5, 5.41) is 20.0. The predicted molar refractivity (Wildman–Crippen MR) is 74.2 cm³/mol. The van der Waals surface area contributed by atoms with E-state index in [1.807, 2.05) is 0 Å². The summed E-state index contributed by atoms with van der Waals surface area (Å²) in [6.07, 6.45) is 0.610. The highest BCUT2D eigenvalue weighted by Crippen LogP contribution is 2.33. The zero-order chi connectivity index (χ0) is 16.5. The molecule has 0 aliphatic carbocycles. The van der Waals surface area contributed by atoms with E-state index in [9.17, 15) is 23.3 Å². The zero-order valence-corrected chi connectivity index (χ0v) is 12.4. The number of hydrogen-bond donors (Lipinski definition) is 1. The van der Waals surface area contributed by atoms with Gasteiger partial charge in [0.2, 0.25) is 10.0 Å². The summed E-state index contributed by atoms with van der Waals surface area (Å²) in [6, 6.07) is 2.01. The third-order valence-electron chi connectivity index (χ3n) is 3.43. The lowest BCUT2D eigenvalue weighted by Crippen LogP contribution is -2.40. The number of carbonyl (C=O) groups is 1. The van der Waals surface area contributed by atoms with Gasteiger partial charge in [0.15, 0.2) is 0 Å². The number of rotatable bonds is 5. The molecule has 120 valence electrons. The number of non-ortho nitro benzene ring substituents is 1. The maximum absolute atomic E-state index is 12.7. The normalized spacial score (nSPS) is 19.0. The monoisotopic (exact) mass is 330 g/mol. The Morgan fingerprint density at radius 1 is 1.50 bits per heavy atom. The Bertz CT molecular complexity index is 716. The molecule has 0 radical (unpaired) electrons. The summed E-state index contributed by atoms with van der Waals surface area (Å²) in [5.74, 6) is -1.31. The molecule has 1 aliphatic heterocycles. The molecule has 2 rings (SSSR count). The second kappa shape index (κ2) is 5.89. The average molecular weight is 330 g/mol. The molecule has 0 amide bonds. The third kappa shape index (κ3) is 2.74. The number of nitrogens with zero attached hydrogens (tertiary/aromatic N) is 2. The largest absolute Gasteiger partial charge is 0.495 e. The van der Waals surface area contributed by atoms with Gasteiger partial charge < -0.3 is 9.84 Å². The average Bonchev–Trinajstić information content (AvgIpc) is 2.96. The molecule has 9 nitrogen and oxygen atoms in total. The zero-order valence-electron chi connectivity index (χ0n) is 11.6. The van der Waals surface area contributed by atoms with Gasteiger partial charge in [0.05, 0.1) is 12.0 Å². The van der Waals surface area contributed by atoms with Crippen LogP contribution in [0.3, 0.4) is 0 Å². The van der Waals surface area contributed by atoms with Crippen molar-refractivity contribution in [2.45, 2.75) is 23.8 Å².